The van der Waals surface area contributed by atoms with Gasteiger partial charge < -0.3 is 19.5 Å². The van der Waals surface area contributed by atoms with Gasteiger partial charge in [-0.3, -0.25) is 14.9 Å². The van der Waals surface area contributed by atoms with Crippen LogP contribution in [-0.2, 0) is 0 Å². The first kappa shape index (κ1) is 24.8. The minimum Gasteiger partial charge on any atom is -0.490 e. The monoisotopic (exact) mass is 456 g/mol. The van der Waals surface area contributed by atoms with Crippen LogP contribution in [0.1, 0.15) is 42.7 Å². The average molecular weight is 456 g/mol. The first-order valence-electron chi connectivity index (χ1n) is 9.74. The van der Waals surface area contributed by atoms with Gasteiger partial charge in [-0.05, 0) is 50.6 Å². The fraction of sp³-hybridized carbons (Fsp3) is 0.381. The van der Waals surface area contributed by atoms with Gasteiger partial charge in [0.05, 0.1) is 24.2 Å². The summed E-state index contributed by atoms with van der Waals surface area (Å²) in [7, 11) is 0. The van der Waals surface area contributed by atoms with Crippen LogP contribution >= 0.6 is 0 Å². The number of alkyl halides is 3. The van der Waals surface area contributed by atoms with Crippen molar-refractivity contribution in [3.63, 3.8) is 0 Å². The van der Waals surface area contributed by atoms with Crippen molar-refractivity contribution in [2.45, 2.75) is 33.0 Å². The number of hydrogen-bond donors (Lipinski definition) is 1. The molecule has 8 nitrogen and oxygen atoms in total. The van der Waals surface area contributed by atoms with E-state index in [1.54, 1.807) is 32.0 Å². The largest absolute Gasteiger partial charge is 0.490 e. The number of nitro groups is 1. The minimum atomic E-state index is -4.59. The van der Waals surface area contributed by atoms with E-state index in [4.69, 9.17) is 9.47 Å². The fourth-order valence-electron chi connectivity index (χ4n) is 2.81. The normalized spacial score (nSPS) is 12.1. The quantitative estimate of drug-likeness (QED) is 0.406. The van der Waals surface area contributed by atoms with Crippen molar-refractivity contribution in [2.75, 3.05) is 19.8 Å². The van der Waals surface area contributed by atoms with Crippen molar-refractivity contribution in [1.29, 1.82) is 0 Å². The Hall–Kier alpha value is -3.50. The van der Waals surface area contributed by atoms with Crippen LogP contribution < -0.4 is 19.5 Å². The average Bonchev–Trinajstić information content (AvgIpc) is 2.73. The Labute approximate surface area is 182 Å². The molecule has 0 fully saturated rings. The van der Waals surface area contributed by atoms with E-state index in [2.05, 4.69) is 10.1 Å². The summed E-state index contributed by atoms with van der Waals surface area (Å²) in [5, 5.41) is 13.9. The number of halogens is 3. The van der Waals surface area contributed by atoms with Gasteiger partial charge in [0.25, 0.3) is 11.6 Å². The van der Waals surface area contributed by atoms with E-state index in [1.165, 1.54) is 0 Å². The van der Waals surface area contributed by atoms with Gasteiger partial charge >= 0.3 is 6.18 Å². The van der Waals surface area contributed by atoms with E-state index >= 15 is 0 Å². The topological polar surface area (TPSA) is 99.9 Å². The zero-order chi connectivity index (χ0) is 23.9. The third-order valence-corrected chi connectivity index (χ3v) is 4.23. The van der Waals surface area contributed by atoms with Gasteiger partial charge in [0.1, 0.15) is 11.3 Å². The molecular formula is C21H23F3N2O6. The van der Waals surface area contributed by atoms with Crippen LogP contribution in [0.4, 0.5) is 18.9 Å². The zero-order valence-electron chi connectivity index (χ0n) is 17.7. The summed E-state index contributed by atoms with van der Waals surface area (Å²) in [6.07, 6.45) is -4.59. The Bertz CT molecular complexity index is 965. The standard InChI is InChI=1S/C21H23F3N2O6/c1-4-30-18-9-6-14(10-19(18)31-5-2)13(3)25-20(27)16-11-15(32-12-21(22,23)24)7-8-17(16)26(28)29/h6-11,13H,4-5,12H2,1-3H3,(H,25,27). The molecule has 2 rings (SSSR count). The number of carbonyl (C=O) groups excluding carboxylic acids is 1. The predicted octanol–water partition coefficient (Wildman–Crippen LogP) is 4.82. The lowest BCUT2D eigenvalue weighted by Crippen LogP contribution is -2.27. The summed E-state index contributed by atoms with van der Waals surface area (Å²) < 4.78 is 52.9. The first-order chi connectivity index (χ1) is 15.1. The van der Waals surface area contributed by atoms with Crippen LogP contribution in [0.25, 0.3) is 0 Å². The van der Waals surface area contributed by atoms with Crippen molar-refractivity contribution in [1.82, 2.24) is 5.32 Å². The zero-order valence-corrected chi connectivity index (χ0v) is 17.7. The van der Waals surface area contributed by atoms with Crippen molar-refractivity contribution in [3.8, 4) is 17.2 Å². The molecule has 2 aromatic rings. The molecule has 0 aliphatic heterocycles. The molecule has 174 valence electrons. The van der Waals surface area contributed by atoms with Gasteiger partial charge in [0.2, 0.25) is 0 Å². The summed E-state index contributed by atoms with van der Waals surface area (Å²) in [5.74, 6) is -0.151. The first-order valence-corrected chi connectivity index (χ1v) is 9.74. The SMILES string of the molecule is CCOc1ccc(C(C)NC(=O)c2cc(OCC(F)(F)F)ccc2[N+](=O)[O-])cc1OCC. The van der Waals surface area contributed by atoms with Crippen LogP contribution in [0.3, 0.4) is 0 Å². The van der Waals surface area contributed by atoms with Crippen LogP contribution in [0.5, 0.6) is 17.2 Å². The highest BCUT2D eigenvalue weighted by molar-refractivity contribution is 5.98. The highest BCUT2D eigenvalue weighted by Gasteiger charge is 2.29. The number of nitrogens with zero attached hydrogens (tertiary/aromatic N) is 1. The van der Waals surface area contributed by atoms with Gasteiger partial charge in [-0.15, -0.1) is 0 Å². The summed E-state index contributed by atoms with van der Waals surface area (Å²) >= 11 is 0. The molecule has 1 unspecified atom stereocenters. The Morgan fingerprint density at radius 1 is 1.06 bits per heavy atom. The van der Waals surface area contributed by atoms with Crippen LogP contribution in [-0.4, -0.2) is 36.8 Å². The molecule has 1 atom stereocenters. The molecule has 0 aliphatic carbocycles. The molecule has 11 heteroatoms. The predicted molar refractivity (Wildman–Crippen MR) is 109 cm³/mol. The number of nitro benzene ring substituents is 1. The third-order valence-electron chi connectivity index (χ3n) is 4.23. The smallest absolute Gasteiger partial charge is 0.422 e. The lowest BCUT2D eigenvalue weighted by Gasteiger charge is -2.18. The lowest BCUT2D eigenvalue weighted by molar-refractivity contribution is -0.385. The molecule has 0 heterocycles. The van der Waals surface area contributed by atoms with Crippen molar-refractivity contribution < 1.29 is 37.1 Å². The molecule has 1 N–H and O–H groups in total. The molecule has 0 radical (unpaired) electrons. The Morgan fingerprint density at radius 2 is 1.72 bits per heavy atom. The van der Waals surface area contributed by atoms with Gasteiger partial charge in [-0.25, -0.2) is 0 Å². The summed E-state index contributed by atoms with van der Waals surface area (Å²) in [4.78, 5) is 23.2. The van der Waals surface area contributed by atoms with Crippen molar-refractivity contribution >= 4 is 11.6 Å². The van der Waals surface area contributed by atoms with E-state index in [-0.39, 0.29) is 5.75 Å². The van der Waals surface area contributed by atoms with E-state index in [0.29, 0.717) is 30.3 Å². The molecule has 0 aromatic heterocycles. The maximum Gasteiger partial charge on any atom is 0.422 e. The summed E-state index contributed by atoms with van der Waals surface area (Å²) in [5.41, 5.74) is -0.342. The second-order valence-corrected chi connectivity index (χ2v) is 6.61. The molecule has 1 amide bonds. The highest BCUT2D eigenvalue weighted by Crippen LogP contribution is 2.31. The van der Waals surface area contributed by atoms with Gasteiger partial charge in [0.15, 0.2) is 18.1 Å². The fourth-order valence-corrected chi connectivity index (χ4v) is 2.81. The molecule has 0 bridgehead atoms. The van der Waals surface area contributed by atoms with E-state index < -0.39 is 40.9 Å². The second-order valence-electron chi connectivity index (χ2n) is 6.61. The summed E-state index contributed by atoms with van der Waals surface area (Å²) in [6, 6.07) is 7.31. The molecule has 0 saturated heterocycles. The molecule has 0 aliphatic rings. The maximum atomic E-state index is 12.7. The number of ether oxygens (including phenoxy) is 3. The molecule has 0 spiro atoms. The number of carbonyl (C=O) groups is 1. The Morgan fingerprint density at radius 3 is 2.31 bits per heavy atom. The van der Waals surface area contributed by atoms with Crippen LogP contribution in [0.2, 0.25) is 0 Å². The van der Waals surface area contributed by atoms with Gasteiger partial charge in [-0.1, -0.05) is 6.07 Å². The Balaban J connectivity index is 2.26. The molecule has 32 heavy (non-hydrogen) atoms. The van der Waals surface area contributed by atoms with Crippen LogP contribution in [0.15, 0.2) is 36.4 Å². The minimum absolute atomic E-state index is 0.314. The number of amides is 1. The van der Waals surface area contributed by atoms with Gasteiger partial charge in [0, 0.05) is 6.07 Å². The second kappa shape index (κ2) is 10.7. The third kappa shape index (κ3) is 6.76. The highest BCUT2D eigenvalue weighted by atomic mass is 19.4. The molecular weight excluding hydrogens is 433 g/mol. The van der Waals surface area contributed by atoms with Crippen LogP contribution in [0, 0.1) is 10.1 Å². The maximum absolute atomic E-state index is 12.7. The van der Waals surface area contributed by atoms with Crippen molar-refractivity contribution in [2.24, 2.45) is 0 Å². The molecule has 0 saturated carbocycles. The lowest BCUT2D eigenvalue weighted by atomic mass is 10.1. The van der Waals surface area contributed by atoms with E-state index in [0.717, 1.165) is 18.2 Å². The van der Waals surface area contributed by atoms with E-state index in [9.17, 15) is 28.1 Å². The number of rotatable bonds is 10. The number of benzene rings is 2. The number of nitrogens with one attached hydrogen (secondary N) is 1. The summed E-state index contributed by atoms with van der Waals surface area (Å²) in [6.45, 7) is 4.52. The molecule has 2 aromatic carbocycles. The van der Waals surface area contributed by atoms with Crippen molar-refractivity contribution in [3.05, 3.63) is 57.6 Å². The van der Waals surface area contributed by atoms with E-state index in [1.807, 2.05) is 6.92 Å². The number of hydrogen-bond acceptors (Lipinski definition) is 6. The van der Waals surface area contributed by atoms with Gasteiger partial charge in [-0.2, -0.15) is 13.2 Å². The Kier molecular flexibility index (Phi) is 8.27.